The van der Waals surface area contributed by atoms with Gasteiger partial charge in [0.2, 0.25) is 0 Å². The molecule has 0 amide bonds. The highest BCUT2D eigenvalue weighted by Crippen LogP contribution is 2.30. The van der Waals surface area contributed by atoms with Crippen LogP contribution in [0, 0.1) is 0 Å². The van der Waals surface area contributed by atoms with Crippen LogP contribution < -0.4 is 4.74 Å². The summed E-state index contributed by atoms with van der Waals surface area (Å²) in [5.41, 5.74) is -0.263. The first kappa shape index (κ1) is 12.6. The summed E-state index contributed by atoms with van der Waals surface area (Å²) in [6.07, 6.45) is -4.34. The molecule has 0 saturated heterocycles. The Labute approximate surface area is 91.0 Å². The number of alkyl halides is 3. The van der Waals surface area contributed by atoms with Crippen LogP contribution in [-0.4, -0.2) is 18.3 Å². The van der Waals surface area contributed by atoms with Crippen LogP contribution in [0.3, 0.4) is 0 Å². The number of benzene rings is 1. The molecule has 1 rings (SSSR count). The Morgan fingerprint density at radius 2 is 1.81 bits per heavy atom. The van der Waals surface area contributed by atoms with Gasteiger partial charge in [0, 0.05) is 0 Å². The summed E-state index contributed by atoms with van der Waals surface area (Å²) in [4.78, 5) is 0. The number of halogens is 3. The zero-order valence-electron chi connectivity index (χ0n) is 8.42. The van der Waals surface area contributed by atoms with Crippen molar-refractivity contribution < 1.29 is 23.0 Å². The number of hydrogen-bond donors (Lipinski definition) is 1. The van der Waals surface area contributed by atoms with E-state index < -0.39 is 11.7 Å². The highest BCUT2D eigenvalue weighted by Gasteiger charge is 2.29. The predicted octanol–water partition coefficient (Wildman–Crippen LogP) is 2.63. The maximum atomic E-state index is 12.2. The smallest absolute Gasteiger partial charge is 0.416 e. The lowest BCUT2D eigenvalue weighted by atomic mass is 10.2. The molecule has 5 heteroatoms. The second-order valence-corrected chi connectivity index (χ2v) is 3.22. The molecular weight excluding hydrogens is 221 g/mol. The molecule has 0 aliphatic rings. The maximum Gasteiger partial charge on any atom is 0.416 e. The predicted molar refractivity (Wildman–Crippen MR) is 53.2 cm³/mol. The van der Waals surface area contributed by atoms with E-state index in [1.807, 2.05) is 0 Å². The third-order valence-electron chi connectivity index (χ3n) is 1.85. The van der Waals surface area contributed by atoms with Crippen LogP contribution in [-0.2, 0) is 6.18 Å². The quantitative estimate of drug-likeness (QED) is 0.808. The molecule has 0 aliphatic carbocycles. The van der Waals surface area contributed by atoms with E-state index in [2.05, 4.69) is 6.58 Å². The second kappa shape index (κ2) is 5.03. The first-order valence-corrected chi connectivity index (χ1v) is 4.51. The van der Waals surface area contributed by atoms with Crippen LogP contribution in [0.2, 0.25) is 0 Å². The standard InChI is InChI=1S/C11H11F3O2/c1-8(6-15)7-16-10-4-2-9(3-5-10)11(12,13)14/h2-5,15H,1,6-7H2. The van der Waals surface area contributed by atoms with E-state index in [-0.39, 0.29) is 13.2 Å². The number of aliphatic hydroxyl groups excluding tert-OH is 1. The Morgan fingerprint density at radius 1 is 1.25 bits per heavy atom. The highest BCUT2D eigenvalue weighted by atomic mass is 19.4. The van der Waals surface area contributed by atoms with Gasteiger partial charge in [0.1, 0.15) is 12.4 Å². The summed E-state index contributed by atoms with van der Waals surface area (Å²) >= 11 is 0. The van der Waals surface area contributed by atoms with E-state index in [1.165, 1.54) is 12.1 Å². The number of ether oxygens (including phenoxy) is 1. The third-order valence-corrected chi connectivity index (χ3v) is 1.85. The monoisotopic (exact) mass is 232 g/mol. The summed E-state index contributed by atoms with van der Waals surface area (Å²) in [6.45, 7) is 3.37. The Bertz CT molecular complexity index is 354. The fourth-order valence-corrected chi connectivity index (χ4v) is 0.971. The first-order valence-electron chi connectivity index (χ1n) is 4.51. The molecule has 2 nitrogen and oxygen atoms in total. The summed E-state index contributed by atoms with van der Waals surface area (Å²) in [6, 6.07) is 4.34. The lowest BCUT2D eigenvalue weighted by molar-refractivity contribution is -0.137. The lowest BCUT2D eigenvalue weighted by Gasteiger charge is -2.09. The lowest BCUT2D eigenvalue weighted by Crippen LogP contribution is -2.06. The van der Waals surface area contributed by atoms with Gasteiger partial charge in [-0.2, -0.15) is 13.2 Å². The fourth-order valence-electron chi connectivity index (χ4n) is 0.971. The molecule has 0 saturated carbocycles. The van der Waals surface area contributed by atoms with Gasteiger partial charge in [0.25, 0.3) is 0 Å². The number of aliphatic hydroxyl groups is 1. The van der Waals surface area contributed by atoms with Gasteiger partial charge in [-0.15, -0.1) is 0 Å². The van der Waals surface area contributed by atoms with Gasteiger partial charge >= 0.3 is 6.18 Å². The Balaban J connectivity index is 2.62. The molecule has 0 aliphatic heterocycles. The minimum atomic E-state index is -4.34. The SMILES string of the molecule is C=C(CO)COc1ccc(C(F)(F)F)cc1. The molecule has 0 aromatic heterocycles. The van der Waals surface area contributed by atoms with Crippen LogP contribution in [0.25, 0.3) is 0 Å². The average Bonchev–Trinajstić information content (AvgIpc) is 2.25. The molecular formula is C11H11F3O2. The van der Waals surface area contributed by atoms with Crippen molar-refractivity contribution in [2.45, 2.75) is 6.18 Å². The zero-order valence-corrected chi connectivity index (χ0v) is 8.42. The van der Waals surface area contributed by atoms with Crippen LogP contribution in [0.5, 0.6) is 5.75 Å². The van der Waals surface area contributed by atoms with Crippen LogP contribution >= 0.6 is 0 Å². The summed E-state index contributed by atoms with van der Waals surface area (Å²) in [5.74, 6) is 0.308. The molecule has 0 heterocycles. The minimum Gasteiger partial charge on any atom is -0.489 e. The van der Waals surface area contributed by atoms with E-state index in [4.69, 9.17) is 9.84 Å². The first-order chi connectivity index (χ1) is 7.43. The average molecular weight is 232 g/mol. The normalized spacial score (nSPS) is 11.2. The van der Waals surface area contributed by atoms with Crippen LogP contribution in [0.1, 0.15) is 5.56 Å². The second-order valence-electron chi connectivity index (χ2n) is 3.22. The molecule has 0 radical (unpaired) electrons. The number of rotatable bonds is 4. The van der Waals surface area contributed by atoms with Gasteiger partial charge in [-0.1, -0.05) is 6.58 Å². The van der Waals surface area contributed by atoms with Crippen molar-refractivity contribution >= 4 is 0 Å². The van der Waals surface area contributed by atoms with Crippen molar-refractivity contribution in [2.75, 3.05) is 13.2 Å². The summed E-state index contributed by atoms with van der Waals surface area (Å²) < 4.78 is 41.7. The maximum absolute atomic E-state index is 12.2. The van der Waals surface area contributed by atoms with Gasteiger partial charge in [0.05, 0.1) is 12.2 Å². The minimum absolute atomic E-state index is 0.0852. The molecule has 0 bridgehead atoms. The molecule has 1 aromatic carbocycles. The van der Waals surface area contributed by atoms with E-state index in [9.17, 15) is 13.2 Å². The zero-order chi connectivity index (χ0) is 12.2. The van der Waals surface area contributed by atoms with Gasteiger partial charge in [-0.25, -0.2) is 0 Å². The van der Waals surface area contributed by atoms with E-state index in [1.54, 1.807) is 0 Å². The van der Waals surface area contributed by atoms with Crippen LogP contribution in [0.15, 0.2) is 36.4 Å². The van der Waals surface area contributed by atoms with Crippen molar-refractivity contribution in [3.8, 4) is 5.75 Å². The largest absolute Gasteiger partial charge is 0.489 e. The van der Waals surface area contributed by atoms with Gasteiger partial charge < -0.3 is 9.84 Å². The molecule has 1 N–H and O–H groups in total. The van der Waals surface area contributed by atoms with Gasteiger partial charge in [-0.3, -0.25) is 0 Å². The van der Waals surface area contributed by atoms with Crippen molar-refractivity contribution in [1.82, 2.24) is 0 Å². The van der Waals surface area contributed by atoms with E-state index in [0.29, 0.717) is 11.3 Å². The molecule has 1 aromatic rings. The molecule has 0 atom stereocenters. The van der Waals surface area contributed by atoms with Crippen molar-refractivity contribution in [3.05, 3.63) is 42.0 Å². The topological polar surface area (TPSA) is 29.5 Å². The van der Waals surface area contributed by atoms with Crippen molar-refractivity contribution in [2.24, 2.45) is 0 Å². The Morgan fingerprint density at radius 3 is 2.25 bits per heavy atom. The van der Waals surface area contributed by atoms with Crippen LogP contribution in [0.4, 0.5) is 13.2 Å². The molecule has 0 spiro atoms. The molecule has 0 fully saturated rings. The van der Waals surface area contributed by atoms with Gasteiger partial charge in [-0.05, 0) is 29.8 Å². The third kappa shape index (κ3) is 3.58. The summed E-state index contributed by atoms with van der Waals surface area (Å²) in [5, 5.41) is 8.64. The highest BCUT2D eigenvalue weighted by molar-refractivity contribution is 5.29. The molecule has 0 unspecified atom stereocenters. The Kier molecular flexibility index (Phi) is 3.95. The molecule has 16 heavy (non-hydrogen) atoms. The van der Waals surface area contributed by atoms with Crippen molar-refractivity contribution in [3.63, 3.8) is 0 Å². The number of hydrogen-bond acceptors (Lipinski definition) is 2. The van der Waals surface area contributed by atoms with E-state index >= 15 is 0 Å². The molecule has 88 valence electrons. The fraction of sp³-hybridized carbons (Fsp3) is 0.273. The Hall–Kier alpha value is -1.49. The van der Waals surface area contributed by atoms with Crippen molar-refractivity contribution in [1.29, 1.82) is 0 Å². The van der Waals surface area contributed by atoms with E-state index in [0.717, 1.165) is 12.1 Å². The summed E-state index contributed by atoms with van der Waals surface area (Å²) in [7, 11) is 0. The van der Waals surface area contributed by atoms with Gasteiger partial charge in [0.15, 0.2) is 0 Å².